The van der Waals surface area contributed by atoms with Crippen LogP contribution in [0.4, 0.5) is 5.69 Å². The summed E-state index contributed by atoms with van der Waals surface area (Å²) in [5.74, 6) is -0.201. The molecule has 0 bridgehead atoms. The highest BCUT2D eigenvalue weighted by atomic mass is 16.2. The van der Waals surface area contributed by atoms with Crippen molar-refractivity contribution >= 4 is 17.5 Å². The maximum Gasteiger partial charge on any atom is 0.272 e. The largest absolute Gasteiger partial charge is 0.374 e. The van der Waals surface area contributed by atoms with Gasteiger partial charge in [-0.25, -0.2) is 0 Å². The van der Waals surface area contributed by atoms with Crippen molar-refractivity contribution in [3.63, 3.8) is 0 Å². The first-order valence-electron chi connectivity index (χ1n) is 5.98. The first-order chi connectivity index (χ1) is 8.82. The van der Waals surface area contributed by atoms with Gasteiger partial charge in [-0.3, -0.25) is 14.6 Å². The molecule has 0 aliphatic heterocycles. The van der Waals surface area contributed by atoms with Crippen molar-refractivity contribution in [1.82, 2.24) is 14.8 Å². The second-order valence-corrected chi connectivity index (χ2v) is 4.73. The Balaban J connectivity index is 2.83. The number of hydrogen-bond acceptors (Lipinski definition) is 4. The van der Waals surface area contributed by atoms with Crippen molar-refractivity contribution in [3.05, 3.63) is 24.0 Å². The van der Waals surface area contributed by atoms with E-state index in [1.54, 1.807) is 53.4 Å². The highest BCUT2D eigenvalue weighted by Gasteiger charge is 2.15. The number of nitrogens with one attached hydrogen (secondary N) is 1. The molecule has 2 amide bonds. The minimum Gasteiger partial charge on any atom is -0.374 e. The van der Waals surface area contributed by atoms with Crippen LogP contribution in [0.15, 0.2) is 18.3 Å². The van der Waals surface area contributed by atoms with Crippen molar-refractivity contribution in [3.8, 4) is 0 Å². The second kappa shape index (κ2) is 6.17. The summed E-state index contributed by atoms with van der Waals surface area (Å²) in [4.78, 5) is 30.5. The van der Waals surface area contributed by atoms with Crippen LogP contribution in [-0.2, 0) is 4.79 Å². The third kappa shape index (κ3) is 3.94. The molecule has 0 aliphatic rings. The lowest BCUT2D eigenvalue weighted by Gasteiger charge is -2.19. The van der Waals surface area contributed by atoms with Crippen LogP contribution in [0.5, 0.6) is 0 Å². The highest BCUT2D eigenvalue weighted by Crippen LogP contribution is 2.11. The molecule has 1 heterocycles. The zero-order chi connectivity index (χ0) is 14.6. The molecule has 1 rings (SSSR count). The molecule has 0 aromatic carbocycles. The van der Waals surface area contributed by atoms with Gasteiger partial charge in [0.05, 0.1) is 0 Å². The van der Waals surface area contributed by atoms with E-state index in [-0.39, 0.29) is 17.9 Å². The number of carbonyl (C=O) groups excluding carboxylic acids is 2. The van der Waals surface area contributed by atoms with Gasteiger partial charge in [-0.1, -0.05) is 0 Å². The van der Waals surface area contributed by atoms with Crippen LogP contribution in [-0.4, -0.2) is 60.8 Å². The SMILES string of the molecule is CC(Nc1ccnc(C(=O)N(C)C)c1)C(=O)N(C)C. The number of hydrogen-bond donors (Lipinski definition) is 1. The van der Waals surface area contributed by atoms with E-state index in [1.165, 1.54) is 9.80 Å². The van der Waals surface area contributed by atoms with Gasteiger partial charge < -0.3 is 15.1 Å². The number of rotatable bonds is 4. The summed E-state index contributed by atoms with van der Waals surface area (Å²) < 4.78 is 0. The topological polar surface area (TPSA) is 65.5 Å². The molecule has 1 atom stereocenters. The summed E-state index contributed by atoms with van der Waals surface area (Å²) in [6, 6.07) is 3.01. The molecule has 6 heteroatoms. The summed E-state index contributed by atoms with van der Waals surface area (Å²) in [6.07, 6.45) is 1.55. The number of amides is 2. The van der Waals surface area contributed by atoms with Crippen LogP contribution in [0, 0.1) is 0 Å². The highest BCUT2D eigenvalue weighted by molar-refractivity contribution is 5.93. The van der Waals surface area contributed by atoms with Gasteiger partial charge in [0.25, 0.3) is 5.91 Å². The Morgan fingerprint density at radius 2 is 1.84 bits per heavy atom. The normalized spacial score (nSPS) is 11.6. The van der Waals surface area contributed by atoms with Crippen molar-refractivity contribution in [2.45, 2.75) is 13.0 Å². The average molecular weight is 264 g/mol. The summed E-state index contributed by atoms with van der Waals surface area (Å²) in [7, 11) is 6.74. The Kier molecular flexibility index (Phi) is 4.86. The van der Waals surface area contributed by atoms with Gasteiger partial charge >= 0.3 is 0 Å². The fraction of sp³-hybridized carbons (Fsp3) is 0.462. The number of likely N-dealkylation sites (N-methyl/N-ethyl adjacent to an activating group) is 1. The Labute approximate surface area is 113 Å². The summed E-state index contributed by atoms with van der Waals surface area (Å²) in [6.45, 7) is 1.77. The molecule has 1 N–H and O–H groups in total. The predicted molar refractivity (Wildman–Crippen MR) is 74.0 cm³/mol. The van der Waals surface area contributed by atoms with Gasteiger partial charge in [-0.15, -0.1) is 0 Å². The van der Waals surface area contributed by atoms with E-state index in [4.69, 9.17) is 0 Å². The van der Waals surface area contributed by atoms with Gasteiger partial charge in [-0.05, 0) is 19.1 Å². The van der Waals surface area contributed by atoms with Crippen LogP contribution >= 0.6 is 0 Å². The van der Waals surface area contributed by atoms with Gasteiger partial charge in [0.1, 0.15) is 11.7 Å². The molecular weight excluding hydrogens is 244 g/mol. The van der Waals surface area contributed by atoms with Crippen molar-refractivity contribution < 1.29 is 9.59 Å². The Morgan fingerprint density at radius 1 is 1.21 bits per heavy atom. The lowest BCUT2D eigenvalue weighted by molar-refractivity contribution is -0.129. The van der Waals surface area contributed by atoms with Gasteiger partial charge in [0.15, 0.2) is 0 Å². The average Bonchev–Trinajstić information content (AvgIpc) is 2.36. The molecule has 0 saturated heterocycles. The third-order valence-electron chi connectivity index (χ3n) is 2.58. The molecule has 1 aromatic heterocycles. The van der Waals surface area contributed by atoms with E-state index >= 15 is 0 Å². The van der Waals surface area contributed by atoms with E-state index in [1.807, 2.05) is 0 Å². The number of aromatic nitrogens is 1. The van der Waals surface area contributed by atoms with E-state index < -0.39 is 0 Å². The fourth-order valence-electron chi connectivity index (χ4n) is 1.57. The minimum atomic E-state index is -0.361. The third-order valence-corrected chi connectivity index (χ3v) is 2.58. The number of carbonyl (C=O) groups is 2. The molecule has 0 saturated carbocycles. The maximum atomic E-state index is 11.8. The first kappa shape index (κ1) is 14.9. The van der Waals surface area contributed by atoms with Crippen LogP contribution in [0.25, 0.3) is 0 Å². The molecule has 0 radical (unpaired) electrons. The van der Waals surface area contributed by atoms with Crippen LogP contribution in [0.2, 0.25) is 0 Å². The Morgan fingerprint density at radius 3 is 2.37 bits per heavy atom. The number of anilines is 1. The van der Waals surface area contributed by atoms with Crippen LogP contribution < -0.4 is 5.32 Å². The minimum absolute atomic E-state index is 0.0303. The monoisotopic (exact) mass is 264 g/mol. The lowest BCUT2D eigenvalue weighted by atomic mass is 10.2. The van der Waals surface area contributed by atoms with E-state index in [0.717, 1.165) is 0 Å². The molecule has 104 valence electrons. The summed E-state index contributed by atoms with van der Waals surface area (Å²) >= 11 is 0. The molecule has 0 spiro atoms. The molecule has 1 aromatic rings. The van der Waals surface area contributed by atoms with Crippen molar-refractivity contribution in [2.75, 3.05) is 33.5 Å². The summed E-state index contributed by atoms with van der Waals surface area (Å²) in [5.41, 5.74) is 1.04. The summed E-state index contributed by atoms with van der Waals surface area (Å²) in [5, 5.41) is 3.06. The smallest absolute Gasteiger partial charge is 0.272 e. The van der Waals surface area contributed by atoms with Gasteiger partial charge in [0, 0.05) is 40.1 Å². The molecule has 0 aliphatic carbocycles. The van der Waals surface area contributed by atoms with Crippen molar-refractivity contribution in [2.24, 2.45) is 0 Å². The van der Waals surface area contributed by atoms with E-state index in [9.17, 15) is 9.59 Å². The molecule has 1 unspecified atom stereocenters. The molecule has 19 heavy (non-hydrogen) atoms. The van der Waals surface area contributed by atoms with Crippen LogP contribution in [0.1, 0.15) is 17.4 Å². The zero-order valence-electron chi connectivity index (χ0n) is 12.0. The quantitative estimate of drug-likeness (QED) is 0.868. The van der Waals surface area contributed by atoms with Crippen LogP contribution in [0.3, 0.4) is 0 Å². The zero-order valence-corrected chi connectivity index (χ0v) is 12.0. The second-order valence-electron chi connectivity index (χ2n) is 4.73. The number of pyridine rings is 1. The molecule has 0 fully saturated rings. The standard InChI is InChI=1S/C13H20N4O2/c1-9(12(18)16(2)3)15-10-6-7-14-11(8-10)13(19)17(4)5/h6-9H,1-5H3,(H,14,15). The predicted octanol–water partition coefficient (Wildman–Crippen LogP) is 0.672. The number of nitrogens with zero attached hydrogens (tertiary/aromatic N) is 3. The first-order valence-corrected chi connectivity index (χ1v) is 5.98. The Hall–Kier alpha value is -2.11. The van der Waals surface area contributed by atoms with E-state index in [0.29, 0.717) is 11.4 Å². The van der Waals surface area contributed by atoms with Gasteiger partial charge in [0.2, 0.25) is 5.91 Å². The lowest BCUT2D eigenvalue weighted by Crippen LogP contribution is -2.36. The molecule has 6 nitrogen and oxygen atoms in total. The van der Waals surface area contributed by atoms with E-state index in [2.05, 4.69) is 10.3 Å². The maximum absolute atomic E-state index is 11.8. The fourth-order valence-corrected chi connectivity index (χ4v) is 1.57. The van der Waals surface area contributed by atoms with Gasteiger partial charge in [-0.2, -0.15) is 0 Å². The Bertz CT molecular complexity index is 471. The van der Waals surface area contributed by atoms with Crippen molar-refractivity contribution in [1.29, 1.82) is 0 Å². The molecular formula is C13H20N4O2.